The average Bonchev–Trinajstić information content (AvgIpc) is 2.47. The molecule has 0 unspecified atom stereocenters. The van der Waals surface area contributed by atoms with Crippen molar-refractivity contribution in [2.75, 3.05) is 37.7 Å². The van der Waals surface area contributed by atoms with E-state index in [4.69, 9.17) is 16.3 Å². The molecule has 1 aliphatic rings. The smallest absolute Gasteiger partial charge is 0.409 e. The largest absolute Gasteiger partial charge is 0.450 e. The zero-order chi connectivity index (χ0) is 14.5. The molecule has 1 aliphatic heterocycles. The number of amides is 1. The number of ether oxygens (including phenoxy) is 1. The van der Waals surface area contributed by atoms with Crippen LogP contribution in [0, 0.1) is 11.3 Å². The molecule has 5 nitrogen and oxygen atoms in total. The van der Waals surface area contributed by atoms with Crippen molar-refractivity contribution in [3.63, 3.8) is 0 Å². The SMILES string of the molecule is CCOC(=O)N1CCN(c2cccc(Cl)c2C#N)CC1. The normalized spacial score (nSPS) is 14.8. The van der Waals surface area contributed by atoms with Gasteiger partial charge in [-0.1, -0.05) is 17.7 Å². The predicted octanol–water partition coefficient (Wildman–Crippen LogP) is 2.49. The topological polar surface area (TPSA) is 56.6 Å². The Labute approximate surface area is 123 Å². The van der Waals surface area contributed by atoms with Gasteiger partial charge in [-0.25, -0.2) is 4.79 Å². The Morgan fingerprint density at radius 1 is 1.40 bits per heavy atom. The Hall–Kier alpha value is -1.93. The van der Waals surface area contributed by atoms with Gasteiger partial charge in [0.25, 0.3) is 0 Å². The molecule has 0 bridgehead atoms. The Balaban J connectivity index is 2.06. The summed E-state index contributed by atoms with van der Waals surface area (Å²) in [5.74, 6) is 0. The van der Waals surface area contributed by atoms with Gasteiger partial charge in [0.1, 0.15) is 6.07 Å². The molecule has 1 amide bonds. The van der Waals surface area contributed by atoms with Gasteiger partial charge in [0.05, 0.1) is 22.9 Å². The van der Waals surface area contributed by atoms with E-state index in [0.717, 1.165) is 5.69 Å². The van der Waals surface area contributed by atoms with Gasteiger partial charge in [0, 0.05) is 26.2 Å². The Kier molecular flexibility index (Phi) is 4.70. The molecule has 0 aromatic heterocycles. The van der Waals surface area contributed by atoms with Crippen LogP contribution in [-0.4, -0.2) is 43.8 Å². The van der Waals surface area contributed by atoms with E-state index in [1.165, 1.54) is 0 Å². The second-order valence-corrected chi connectivity index (χ2v) is 4.83. The van der Waals surface area contributed by atoms with E-state index < -0.39 is 0 Å². The third-order valence-electron chi connectivity index (χ3n) is 3.25. The van der Waals surface area contributed by atoms with E-state index in [0.29, 0.717) is 43.4 Å². The molecular formula is C14H16ClN3O2. The summed E-state index contributed by atoms with van der Waals surface area (Å²) < 4.78 is 4.98. The number of benzene rings is 1. The third-order valence-corrected chi connectivity index (χ3v) is 3.56. The van der Waals surface area contributed by atoms with Gasteiger partial charge in [-0.05, 0) is 19.1 Å². The van der Waals surface area contributed by atoms with Crippen LogP contribution in [0.1, 0.15) is 12.5 Å². The van der Waals surface area contributed by atoms with Crippen molar-refractivity contribution in [3.05, 3.63) is 28.8 Å². The van der Waals surface area contributed by atoms with Crippen molar-refractivity contribution in [2.24, 2.45) is 0 Å². The lowest BCUT2D eigenvalue weighted by Gasteiger charge is -2.35. The van der Waals surface area contributed by atoms with E-state index >= 15 is 0 Å². The summed E-state index contributed by atoms with van der Waals surface area (Å²) in [5.41, 5.74) is 1.31. The van der Waals surface area contributed by atoms with Crippen LogP contribution in [0.3, 0.4) is 0 Å². The molecule has 0 atom stereocenters. The molecular weight excluding hydrogens is 278 g/mol. The van der Waals surface area contributed by atoms with Gasteiger partial charge >= 0.3 is 6.09 Å². The van der Waals surface area contributed by atoms with Crippen molar-refractivity contribution in [3.8, 4) is 6.07 Å². The van der Waals surface area contributed by atoms with E-state index in [9.17, 15) is 10.1 Å². The second-order valence-electron chi connectivity index (χ2n) is 4.42. The van der Waals surface area contributed by atoms with Gasteiger partial charge in [0.2, 0.25) is 0 Å². The van der Waals surface area contributed by atoms with E-state index in [-0.39, 0.29) is 6.09 Å². The summed E-state index contributed by atoms with van der Waals surface area (Å²) in [4.78, 5) is 15.4. The van der Waals surface area contributed by atoms with Crippen molar-refractivity contribution >= 4 is 23.4 Å². The Bertz CT molecular complexity index is 534. The molecule has 1 aromatic carbocycles. The number of hydrogen-bond acceptors (Lipinski definition) is 4. The standard InChI is InChI=1S/C14H16ClN3O2/c1-2-20-14(19)18-8-6-17(7-9-18)13-5-3-4-12(15)11(13)10-16/h3-5H,2,6-9H2,1H3. The molecule has 1 fully saturated rings. The maximum absolute atomic E-state index is 11.6. The maximum atomic E-state index is 11.6. The van der Waals surface area contributed by atoms with Gasteiger partial charge in [-0.15, -0.1) is 0 Å². The fourth-order valence-corrected chi connectivity index (χ4v) is 2.44. The predicted molar refractivity (Wildman–Crippen MR) is 77.0 cm³/mol. The second kappa shape index (κ2) is 6.49. The molecule has 0 saturated carbocycles. The van der Waals surface area contributed by atoms with Crippen molar-refractivity contribution in [2.45, 2.75) is 6.92 Å². The van der Waals surface area contributed by atoms with Gasteiger partial charge in [-0.3, -0.25) is 0 Å². The van der Waals surface area contributed by atoms with Crippen LogP contribution in [0.15, 0.2) is 18.2 Å². The van der Waals surface area contributed by atoms with E-state index in [2.05, 4.69) is 11.0 Å². The first kappa shape index (κ1) is 14.5. The molecule has 1 heterocycles. The number of carbonyl (C=O) groups is 1. The molecule has 0 radical (unpaired) electrons. The quantitative estimate of drug-likeness (QED) is 0.840. The third kappa shape index (κ3) is 2.97. The van der Waals surface area contributed by atoms with Crippen LogP contribution in [0.25, 0.3) is 0 Å². The van der Waals surface area contributed by atoms with Crippen LogP contribution in [0.2, 0.25) is 5.02 Å². The average molecular weight is 294 g/mol. The first-order chi connectivity index (χ1) is 9.67. The van der Waals surface area contributed by atoms with E-state index in [1.54, 1.807) is 17.9 Å². The highest BCUT2D eigenvalue weighted by atomic mass is 35.5. The van der Waals surface area contributed by atoms with Gasteiger partial charge in [-0.2, -0.15) is 5.26 Å². The zero-order valence-electron chi connectivity index (χ0n) is 11.3. The number of halogens is 1. The summed E-state index contributed by atoms with van der Waals surface area (Å²) in [6, 6.07) is 7.55. The van der Waals surface area contributed by atoms with Gasteiger partial charge < -0.3 is 14.5 Å². The minimum Gasteiger partial charge on any atom is -0.450 e. The lowest BCUT2D eigenvalue weighted by atomic mass is 10.1. The van der Waals surface area contributed by atoms with E-state index in [1.807, 2.05) is 12.1 Å². The number of nitrogens with zero attached hydrogens (tertiary/aromatic N) is 3. The fraction of sp³-hybridized carbons (Fsp3) is 0.429. The van der Waals surface area contributed by atoms with Crippen LogP contribution in [0.5, 0.6) is 0 Å². The maximum Gasteiger partial charge on any atom is 0.409 e. The number of nitriles is 1. The highest BCUT2D eigenvalue weighted by Gasteiger charge is 2.23. The van der Waals surface area contributed by atoms with Crippen LogP contribution in [-0.2, 0) is 4.74 Å². The number of piperazine rings is 1. The Morgan fingerprint density at radius 3 is 2.70 bits per heavy atom. The molecule has 20 heavy (non-hydrogen) atoms. The molecule has 106 valence electrons. The summed E-state index contributed by atoms with van der Waals surface area (Å²) in [6.07, 6.45) is -0.279. The Morgan fingerprint density at radius 2 is 2.10 bits per heavy atom. The van der Waals surface area contributed by atoms with Crippen LogP contribution in [0.4, 0.5) is 10.5 Å². The van der Waals surface area contributed by atoms with Crippen LogP contribution < -0.4 is 4.90 Å². The molecule has 1 aromatic rings. The number of anilines is 1. The molecule has 2 rings (SSSR count). The summed E-state index contributed by atoms with van der Waals surface area (Å²) in [6.45, 7) is 4.65. The molecule has 0 spiro atoms. The van der Waals surface area contributed by atoms with Crippen molar-refractivity contribution < 1.29 is 9.53 Å². The number of hydrogen-bond donors (Lipinski definition) is 0. The molecule has 0 N–H and O–H groups in total. The molecule has 6 heteroatoms. The first-order valence-corrected chi connectivity index (χ1v) is 6.90. The zero-order valence-corrected chi connectivity index (χ0v) is 12.1. The molecule has 1 saturated heterocycles. The van der Waals surface area contributed by atoms with Gasteiger partial charge in [0.15, 0.2) is 0 Å². The molecule has 0 aliphatic carbocycles. The lowest BCUT2D eigenvalue weighted by Crippen LogP contribution is -2.49. The summed E-state index contributed by atoms with van der Waals surface area (Å²) in [7, 11) is 0. The fourth-order valence-electron chi connectivity index (χ4n) is 2.23. The van der Waals surface area contributed by atoms with Crippen molar-refractivity contribution in [1.82, 2.24) is 4.90 Å². The highest BCUT2D eigenvalue weighted by Crippen LogP contribution is 2.27. The van der Waals surface area contributed by atoms with Crippen LogP contribution >= 0.6 is 11.6 Å². The minimum atomic E-state index is -0.279. The minimum absolute atomic E-state index is 0.279. The monoisotopic (exact) mass is 293 g/mol. The lowest BCUT2D eigenvalue weighted by molar-refractivity contribution is 0.105. The summed E-state index contributed by atoms with van der Waals surface area (Å²) in [5, 5.41) is 9.65. The first-order valence-electron chi connectivity index (χ1n) is 6.52. The number of rotatable bonds is 2. The summed E-state index contributed by atoms with van der Waals surface area (Å²) >= 11 is 6.04. The van der Waals surface area contributed by atoms with Crippen molar-refractivity contribution in [1.29, 1.82) is 5.26 Å². The highest BCUT2D eigenvalue weighted by molar-refractivity contribution is 6.32. The number of carbonyl (C=O) groups excluding carboxylic acids is 1.